The first kappa shape index (κ1) is 19.8. The topological polar surface area (TPSA) is 79.3 Å². The van der Waals surface area contributed by atoms with Gasteiger partial charge in [0.2, 0.25) is 5.91 Å². The summed E-state index contributed by atoms with van der Waals surface area (Å²) in [5.41, 5.74) is -1.77. The summed E-state index contributed by atoms with van der Waals surface area (Å²) < 4.78 is 59.6. The average Bonchev–Trinajstić information content (AvgIpc) is 3.20. The first-order valence-corrected chi connectivity index (χ1v) is 8.48. The van der Waals surface area contributed by atoms with Crippen LogP contribution in [-0.2, 0) is 19.1 Å². The van der Waals surface area contributed by atoms with Gasteiger partial charge in [0.1, 0.15) is 11.4 Å². The highest BCUT2D eigenvalue weighted by atomic mass is 19.2. The SMILES string of the molecule is O=C(OCC(=O)N1CCCC1)C1=NN(c2c(F)c(F)cc(F)c2F)C(=O)CC1. The molecule has 0 saturated carbocycles. The number of benzene rings is 1. The van der Waals surface area contributed by atoms with Gasteiger partial charge in [0.15, 0.2) is 29.9 Å². The van der Waals surface area contributed by atoms with Gasteiger partial charge in [-0.1, -0.05) is 0 Å². The maximum Gasteiger partial charge on any atom is 0.355 e. The van der Waals surface area contributed by atoms with E-state index in [-0.39, 0.29) is 17.5 Å². The number of carbonyl (C=O) groups excluding carboxylic acids is 3. The largest absolute Gasteiger partial charge is 0.451 e. The van der Waals surface area contributed by atoms with Crippen molar-refractivity contribution in [3.8, 4) is 0 Å². The zero-order chi connectivity index (χ0) is 20.4. The lowest BCUT2D eigenvalue weighted by molar-refractivity contribution is -0.146. The smallest absolute Gasteiger partial charge is 0.355 e. The number of amides is 2. The summed E-state index contributed by atoms with van der Waals surface area (Å²) in [4.78, 5) is 37.5. The van der Waals surface area contributed by atoms with Crippen LogP contribution in [0.25, 0.3) is 0 Å². The molecular formula is C17H15F4N3O4. The van der Waals surface area contributed by atoms with E-state index in [9.17, 15) is 31.9 Å². The minimum absolute atomic E-state index is 0.00849. The monoisotopic (exact) mass is 401 g/mol. The molecule has 0 radical (unpaired) electrons. The fourth-order valence-corrected chi connectivity index (χ4v) is 2.89. The van der Waals surface area contributed by atoms with Gasteiger partial charge in [0.25, 0.3) is 5.91 Å². The quantitative estimate of drug-likeness (QED) is 0.439. The second kappa shape index (κ2) is 7.95. The van der Waals surface area contributed by atoms with E-state index in [0.717, 1.165) is 12.8 Å². The molecule has 2 heterocycles. The number of ether oxygens (including phenoxy) is 1. The summed E-state index contributed by atoms with van der Waals surface area (Å²) in [6, 6.07) is -0.00849. The number of nitrogens with zero attached hydrogens (tertiary/aromatic N) is 3. The molecule has 3 rings (SSSR count). The average molecular weight is 401 g/mol. The molecule has 1 aromatic rings. The van der Waals surface area contributed by atoms with Gasteiger partial charge in [-0.25, -0.2) is 22.4 Å². The van der Waals surface area contributed by atoms with Crippen LogP contribution in [0, 0.1) is 23.3 Å². The zero-order valence-electron chi connectivity index (χ0n) is 14.5. The van der Waals surface area contributed by atoms with Crippen LogP contribution in [-0.4, -0.2) is 48.1 Å². The van der Waals surface area contributed by atoms with E-state index >= 15 is 0 Å². The Morgan fingerprint density at radius 2 is 1.64 bits per heavy atom. The number of hydrazone groups is 1. The molecule has 28 heavy (non-hydrogen) atoms. The molecule has 2 amide bonds. The van der Waals surface area contributed by atoms with Gasteiger partial charge < -0.3 is 9.64 Å². The van der Waals surface area contributed by atoms with Gasteiger partial charge in [-0.2, -0.15) is 10.1 Å². The Labute approximate surface area is 156 Å². The van der Waals surface area contributed by atoms with E-state index in [0.29, 0.717) is 13.1 Å². The Morgan fingerprint density at radius 1 is 1.04 bits per heavy atom. The number of hydrogen-bond acceptors (Lipinski definition) is 5. The van der Waals surface area contributed by atoms with E-state index in [4.69, 9.17) is 4.74 Å². The maximum absolute atomic E-state index is 13.9. The van der Waals surface area contributed by atoms with Crippen LogP contribution in [0.3, 0.4) is 0 Å². The van der Waals surface area contributed by atoms with Crippen molar-refractivity contribution in [3.05, 3.63) is 29.3 Å². The predicted octanol–water partition coefficient (Wildman–Crippen LogP) is 1.89. The minimum atomic E-state index is -1.82. The summed E-state index contributed by atoms with van der Waals surface area (Å²) in [5, 5.41) is 3.60. The van der Waals surface area contributed by atoms with Gasteiger partial charge in [-0.05, 0) is 12.8 Å². The molecular weight excluding hydrogens is 386 g/mol. The third kappa shape index (κ3) is 3.82. The molecule has 1 saturated heterocycles. The first-order valence-electron chi connectivity index (χ1n) is 8.48. The molecule has 0 N–H and O–H groups in total. The molecule has 0 bridgehead atoms. The number of likely N-dealkylation sites (tertiary alicyclic amines) is 1. The predicted molar refractivity (Wildman–Crippen MR) is 87.2 cm³/mol. The van der Waals surface area contributed by atoms with Crippen molar-refractivity contribution in [1.29, 1.82) is 0 Å². The molecule has 0 aliphatic carbocycles. The number of hydrogen-bond donors (Lipinski definition) is 0. The third-order valence-corrected chi connectivity index (χ3v) is 4.35. The number of rotatable bonds is 4. The van der Waals surface area contributed by atoms with Crippen LogP contribution in [0.15, 0.2) is 11.2 Å². The van der Waals surface area contributed by atoms with Crippen molar-refractivity contribution in [2.45, 2.75) is 25.7 Å². The van der Waals surface area contributed by atoms with E-state index in [1.807, 2.05) is 0 Å². The van der Waals surface area contributed by atoms with Gasteiger partial charge >= 0.3 is 5.97 Å². The third-order valence-electron chi connectivity index (χ3n) is 4.35. The molecule has 0 spiro atoms. The molecule has 0 unspecified atom stereocenters. The second-order valence-corrected chi connectivity index (χ2v) is 6.23. The van der Waals surface area contributed by atoms with Gasteiger partial charge in [-0.15, -0.1) is 0 Å². The minimum Gasteiger partial charge on any atom is -0.451 e. The highest BCUT2D eigenvalue weighted by Crippen LogP contribution is 2.30. The van der Waals surface area contributed by atoms with Crippen molar-refractivity contribution < 1.29 is 36.7 Å². The molecule has 150 valence electrons. The fraction of sp³-hybridized carbons (Fsp3) is 0.412. The second-order valence-electron chi connectivity index (χ2n) is 6.23. The van der Waals surface area contributed by atoms with Crippen LogP contribution in [0.1, 0.15) is 25.7 Å². The van der Waals surface area contributed by atoms with Crippen molar-refractivity contribution in [2.24, 2.45) is 5.10 Å². The van der Waals surface area contributed by atoms with Gasteiger partial charge in [0.05, 0.1) is 0 Å². The van der Waals surface area contributed by atoms with Crippen LogP contribution in [0.4, 0.5) is 23.2 Å². The summed E-state index contributed by atoms with van der Waals surface area (Å²) in [6.07, 6.45) is 1.09. The van der Waals surface area contributed by atoms with Crippen LogP contribution >= 0.6 is 0 Å². The molecule has 2 aliphatic rings. The molecule has 7 nitrogen and oxygen atoms in total. The number of esters is 1. The number of halogens is 4. The van der Waals surface area contributed by atoms with Crippen LogP contribution < -0.4 is 5.01 Å². The lowest BCUT2D eigenvalue weighted by Gasteiger charge is -2.24. The summed E-state index contributed by atoms with van der Waals surface area (Å²) in [7, 11) is 0. The Balaban J connectivity index is 1.79. The molecule has 1 fully saturated rings. The Hall–Kier alpha value is -2.98. The molecule has 2 aliphatic heterocycles. The fourth-order valence-electron chi connectivity index (χ4n) is 2.89. The van der Waals surface area contributed by atoms with E-state index in [2.05, 4.69) is 5.10 Å². The van der Waals surface area contributed by atoms with Crippen molar-refractivity contribution in [2.75, 3.05) is 24.7 Å². The number of anilines is 1. The lowest BCUT2D eigenvalue weighted by Crippen LogP contribution is -2.38. The van der Waals surface area contributed by atoms with Gasteiger partial charge in [0, 0.05) is 32.0 Å². The molecule has 0 aromatic heterocycles. The molecule has 1 aromatic carbocycles. The van der Waals surface area contributed by atoms with Gasteiger partial charge in [-0.3, -0.25) is 9.59 Å². The molecule has 0 atom stereocenters. The van der Waals surface area contributed by atoms with E-state index < -0.39 is 65.5 Å². The molecule has 11 heteroatoms. The Kier molecular flexibility index (Phi) is 5.61. The standard InChI is InChI=1S/C17H15F4N3O4/c18-9-7-10(19)15(21)16(14(9)20)24-12(25)4-3-11(22-24)17(27)28-8-13(26)23-5-1-2-6-23/h7H,1-6,8H2. The van der Waals surface area contributed by atoms with Crippen LogP contribution in [0.5, 0.6) is 0 Å². The zero-order valence-corrected chi connectivity index (χ0v) is 14.5. The highest BCUT2D eigenvalue weighted by Gasteiger charge is 2.33. The Bertz CT molecular complexity index is 842. The highest BCUT2D eigenvalue weighted by molar-refractivity contribution is 6.38. The number of carbonyl (C=O) groups is 3. The van der Waals surface area contributed by atoms with E-state index in [1.165, 1.54) is 4.90 Å². The lowest BCUT2D eigenvalue weighted by atomic mass is 10.1. The van der Waals surface area contributed by atoms with Crippen molar-refractivity contribution in [3.63, 3.8) is 0 Å². The van der Waals surface area contributed by atoms with Crippen molar-refractivity contribution in [1.82, 2.24) is 4.90 Å². The van der Waals surface area contributed by atoms with Crippen LogP contribution in [0.2, 0.25) is 0 Å². The summed E-state index contributed by atoms with van der Waals surface area (Å²) >= 11 is 0. The normalized spacial score (nSPS) is 17.0. The Morgan fingerprint density at radius 3 is 2.25 bits per heavy atom. The van der Waals surface area contributed by atoms with E-state index in [1.54, 1.807) is 0 Å². The maximum atomic E-state index is 13.9. The summed E-state index contributed by atoms with van der Waals surface area (Å²) in [5.74, 6) is -9.52. The van der Waals surface area contributed by atoms with Crippen molar-refractivity contribution >= 4 is 29.2 Å². The summed E-state index contributed by atoms with van der Waals surface area (Å²) in [6.45, 7) is 0.565. The first-order chi connectivity index (χ1) is 13.3.